The van der Waals surface area contributed by atoms with E-state index in [0.29, 0.717) is 25.8 Å². The number of nitrogens with zero attached hydrogens (tertiary/aromatic N) is 1. The van der Waals surface area contributed by atoms with E-state index in [2.05, 4.69) is 10.3 Å². The van der Waals surface area contributed by atoms with Crippen LogP contribution in [0, 0.1) is 0 Å². The number of carboxylic acids is 1. The van der Waals surface area contributed by atoms with Crippen molar-refractivity contribution >= 4 is 33.5 Å². The van der Waals surface area contributed by atoms with Crippen LogP contribution in [0.1, 0.15) is 32.1 Å². The Labute approximate surface area is 144 Å². The Hall–Kier alpha value is -1.25. The number of carboxylic acid groups (broad SMARTS) is 1. The second-order valence-corrected chi connectivity index (χ2v) is 7.40. The molecule has 0 saturated carbocycles. The third-order valence-corrected chi connectivity index (χ3v) is 5.35. The summed E-state index contributed by atoms with van der Waals surface area (Å²) < 4.78 is 0. The molecule has 1 aromatic rings. The molecule has 0 aliphatic carbocycles. The highest BCUT2D eigenvalue weighted by atomic mass is 33.1. The number of nitrogens with one attached hydrogen (secondary N) is 1. The summed E-state index contributed by atoms with van der Waals surface area (Å²) in [5.74, 6) is -0.0478. The lowest BCUT2D eigenvalue weighted by atomic mass is 10.1. The van der Waals surface area contributed by atoms with E-state index in [1.807, 2.05) is 18.2 Å². The number of pyridine rings is 1. The number of carbonyl (C=O) groups excluding carboxylic acids is 1. The predicted octanol–water partition coefficient (Wildman–Crippen LogP) is 2.30. The van der Waals surface area contributed by atoms with Crippen molar-refractivity contribution in [2.45, 2.75) is 43.2 Å². The van der Waals surface area contributed by atoms with E-state index in [0.717, 1.165) is 23.6 Å². The van der Waals surface area contributed by atoms with E-state index >= 15 is 0 Å². The van der Waals surface area contributed by atoms with Crippen LogP contribution in [0.3, 0.4) is 0 Å². The molecule has 0 aliphatic rings. The van der Waals surface area contributed by atoms with Gasteiger partial charge in [0.1, 0.15) is 11.1 Å². The highest BCUT2D eigenvalue weighted by Crippen LogP contribution is 2.29. The van der Waals surface area contributed by atoms with Gasteiger partial charge in [0.15, 0.2) is 0 Å². The third-order valence-electron chi connectivity index (χ3n) is 2.99. The van der Waals surface area contributed by atoms with Crippen LogP contribution in [0.4, 0.5) is 0 Å². The average molecular weight is 358 g/mol. The third kappa shape index (κ3) is 10.2. The van der Waals surface area contributed by atoms with Crippen LogP contribution < -0.4 is 11.1 Å². The quantitative estimate of drug-likeness (QED) is 0.389. The highest BCUT2D eigenvalue weighted by molar-refractivity contribution is 8.76. The first-order chi connectivity index (χ1) is 11.1. The minimum atomic E-state index is -0.977. The molecule has 0 spiro atoms. The Morgan fingerprint density at radius 1 is 1.30 bits per heavy atom. The number of aromatic nitrogens is 1. The zero-order valence-corrected chi connectivity index (χ0v) is 14.6. The number of nitrogens with two attached hydrogens (primary N) is 1. The minimum absolute atomic E-state index is 0.0379. The topological polar surface area (TPSA) is 105 Å². The second-order valence-electron chi connectivity index (χ2n) is 4.97. The normalized spacial score (nSPS) is 11.9. The maximum atomic E-state index is 11.6. The molecule has 8 heteroatoms. The Morgan fingerprint density at radius 2 is 2.13 bits per heavy atom. The molecule has 1 amide bonds. The van der Waals surface area contributed by atoms with Crippen LogP contribution in [0.15, 0.2) is 29.4 Å². The van der Waals surface area contributed by atoms with Gasteiger partial charge in [0, 0.05) is 24.9 Å². The fourth-order valence-electron chi connectivity index (χ4n) is 1.72. The SMILES string of the molecule is N[C@@H](CCCCNC(=O)CCCSSc1ccccn1)C(=O)O. The highest BCUT2D eigenvalue weighted by Gasteiger charge is 2.10. The summed E-state index contributed by atoms with van der Waals surface area (Å²) in [6, 6.07) is 4.99. The fourth-order valence-corrected chi connectivity index (χ4v) is 3.68. The first-order valence-electron chi connectivity index (χ1n) is 7.55. The van der Waals surface area contributed by atoms with Crippen molar-refractivity contribution in [1.29, 1.82) is 0 Å². The molecule has 0 bridgehead atoms. The molecule has 1 heterocycles. The molecular formula is C15H23N3O3S2. The van der Waals surface area contributed by atoms with Gasteiger partial charge in [-0.25, -0.2) is 4.98 Å². The van der Waals surface area contributed by atoms with Gasteiger partial charge in [-0.1, -0.05) is 16.9 Å². The van der Waals surface area contributed by atoms with E-state index in [1.54, 1.807) is 27.8 Å². The van der Waals surface area contributed by atoms with Crippen LogP contribution >= 0.6 is 21.6 Å². The molecule has 0 aromatic carbocycles. The number of amides is 1. The van der Waals surface area contributed by atoms with Crippen molar-refractivity contribution in [3.05, 3.63) is 24.4 Å². The molecular weight excluding hydrogens is 334 g/mol. The average Bonchev–Trinajstić information content (AvgIpc) is 2.54. The molecule has 128 valence electrons. The summed E-state index contributed by atoms with van der Waals surface area (Å²) >= 11 is 0. The Bertz CT molecular complexity index is 474. The molecule has 23 heavy (non-hydrogen) atoms. The zero-order valence-electron chi connectivity index (χ0n) is 12.9. The van der Waals surface area contributed by atoms with Crippen LogP contribution in [0.2, 0.25) is 0 Å². The van der Waals surface area contributed by atoms with Crippen LogP contribution in [-0.4, -0.2) is 40.3 Å². The summed E-state index contributed by atoms with van der Waals surface area (Å²) in [6.07, 6.45) is 4.97. The summed E-state index contributed by atoms with van der Waals surface area (Å²) in [5.41, 5.74) is 5.40. The van der Waals surface area contributed by atoms with Gasteiger partial charge in [-0.05, 0) is 48.6 Å². The lowest BCUT2D eigenvalue weighted by Crippen LogP contribution is -2.30. The Morgan fingerprint density at radius 3 is 2.83 bits per heavy atom. The van der Waals surface area contributed by atoms with E-state index in [9.17, 15) is 9.59 Å². The van der Waals surface area contributed by atoms with Crippen molar-refractivity contribution in [2.75, 3.05) is 12.3 Å². The Balaban J connectivity index is 1.93. The predicted molar refractivity (Wildman–Crippen MR) is 94.3 cm³/mol. The first-order valence-corrected chi connectivity index (χ1v) is 9.87. The number of hydrogen-bond acceptors (Lipinski definition) is 6. The lowest BCUT2D eigenvalue weighted by molar-refractivity contribution is -0.138. The first kappa shape index (κ1) is 19.8. The molecule has 1 rings (SSSR count). The van der Waals surface area contributed by atoms with E-state index in [4.69, 9.17) is 10.8 Å². The van der Waals surface area contributed by atoms with Gasteiger partial charge in [0.25, 0.3) is 0 Å². The molecule has 6 nitrogen and oxygen atoms in total. The second kappa shape index (κ2) is 12.2. The van der Waals surface area contributed by atoms with Gasteiger partial charge in [-0.2, -0.15) is 0 Å². The largest absolute Gasteiger partial charge is 0.480 e. The van der Waals surface area contributed by atoms with Crippen LogP contribution in [0.5, 0.6) is 0 Å². The van der Waals surface area contributed by atoms with Gasteiger partial charge in [0.05, 0.1) is 0 Å². The number of rotatable bonds is 12. The maximum absolute atomic E-state index is 11.6. The lowest BCUT2D eigenvalue weighted by Gasteiger charge is -2.07. The van der Waals surface area contributed by atoms with E-state index in [1.165, 1.54) is 0 Å². The van der Waals surface area contributed by atoms with Crippen molar-refractivity contribution in [3.63, 3.8) is 0 Å². The number of carbonyl (C=O) groups is 2. The van der Waals surface area contributed by atoms with E-state index in [-0.39, 0.29) is 5.91 Å². The molecule has 0 fully saturated rings. The van der Waals surface area contributed by atoms with Gasteiger partial charge in [-0.15, -0.1) is 0 Å². The zero-order chi connectivity index (χ0) is 16.9. The van der Waals surface area contributed by atoms with Crippen LogP contribution in [0.25, 0.3) is 0 Å². The van der Waals surface area contributed by atoms with Gasteiger partial charge in [-0.3, -0.25) is 9.59 Å². The summed E-state index contributed by atoms with van der Waals surface area (Å²) in [4.78, 5) is 26.4. The van der Waals surface area contributed by atoms with Gasteiger partial charge >= 0.3 is 5.97 Å². The summed E-state index contributed by atoms with van der Waals surface area (Å²) in [7, 11) is 3.31. The van der Waals surface area contributed by atoms with Gasteiger partial charge in [0.2, 0.25) is 5.91 Å². The van der Waals surface area contributed by atoms with Gasteiger partial charge < -0.3 is 16.2 Å². The number of unbranched alkanes of at least 4 members (excludes halogenated alkanes) is 1. The van der Waals surface area contributed by atoms with Crippen LogP contribution in [-0.2, 0) is 9.59 Å². The van der Waals surface area contributed by atoms with Crippen molar-refractivity contribution in [3.8, 4) is 0 Å². The molecule has 0 radical (unpaired) electrons. The standard InChI is InChI=1S/C15H23N3O3S2/c16-12(15(20)21)6-1-3-9-17-13(19)7-5-11-22-23-14-8-2-4-10-18-14/h2,4,8,10,12H,1,3,5-7,9,11,16H2,(H,17,19)(H,20,21)/t12-/m0/s1. The van der Waals surface area contributed by atoms with Crippen molar-refractivity contribution < 1.29 is 14.7 Å². The minimum Gasteiger partial charge on any atom is -0.480 e. The monoisotopic (exact) mass is 357 g/mol. The molecule has 0 aliphatic heterocycles. The van der Waals surface area contributed by atoms with Crippen molar-refractivity contribution in [1.82, 2.24) is 10.3 Å². The molecule has 0 saturated heterocycles. The molecule has 1 aromatic heterocycles. The van der Waals surface area contributed by atoms with Crippen molar-refractivity contribution in [2.24, 2.45) is 5.73 Å². The molecule has 1 atom stereocenters. The number of hydrogen-bond donors (Lipinski definition) is 3. The van der Waals surface area contributed by atoms with E-state index < -0.39 is 12.0 Å². The summed E-state index contributed by atoms with van der Waals surface area (Å²) in [5, 5.41) is 12.5. The summed E-state index contributed by atoms with van der Waals surface area (Å²) in [6.45, 7) is 0.570. The Kier molecular flexibility index (Phi) is 10.5. The fraction of sp³-hybridized carbons (Fsp3) is 0.533. The molecule has 4 N–H and O–H groups in total. The maximum Gasteiger partial charge on any atom is 0.320 e. The molecule has 0 unspecified atom stereocenters. The smallest absolute Gasteiger partial charge is 0.320 e. The number of aliphatic carboxylic acids is 1.